The number of nitrogens with one attached hydrogen (secondary N) is 1. The van der Waals surface area contributed by atoms with Crippen molar-refractivity contribution in [1.29, 1.82) is 0 Å². The number of primary sulfonamides is 1. The van der Waals surface area contributed by atoms with Gasteiger partial charge in [-0.25, -0.2) is 18.6 Å². The van der Waals surface area contributed by atoms with Crippen LogP contribution < -0.4 is 16.3 Å². The lowest BCUT2D eigenvalue weighted by Gasteiger charge is -2.39. The Morgan fingerprint density at radius 2 is 1.85 bits per heavy atom. The molecule has 1 saturated heterocycles. The van der Waals surface area contributed by atoms with Crippen molar-refractivity contribution in [3.05, 3.63) is 18.2 Å². The minimum absolute atomic E-state index is 0.0616. The zero-order valence-electron chi connectivity index (χ0n) is 11.8. The molecule has 7 heteroatoms. The van der Waals surface area contributed by atoms with Crippen molar-refractivity contribution in [2.24, 2.45) is 5.14 Å². The molecule has 1 aromatic carbocycles. The highest BCUT2D eigenvalue weighted by Gasteiger charge is 2.25. The van der Waals surface area contributed by atoms with Gasteiger partial charge in [0.1, 0.15) is 0 Å². The van der Waals surface area contributed by atoms with Gasteiger partial charge in [0.2, 0.25) is 10.0 Å². The predicted octanol–water partition coefficient (Wildman–Crippen LogP) is 1.51. The van der Waals surface area contributed by atoms with Gasteiger partial charge >= 0.3 is 0 Å². The summed E-state index contributed by atoms with van der Waals surface area (Å²) in [4.78, 5) is 0.0616. The molecular weight excluding hydrogens is 276 g/mol. The molecule has 1 fully saturated rings. The van der Waals surface area contributed by atoms with Crippen molar-refractivity contribution in [3.63, 3.8) is 0 Å². The van der Waals surface area contributed by atoms with Gasteiger partial charge < -0.3 is 11.2 Å². The molecule has 5 N–H and O–H groups in total. The van der Waals surface area contributed by atoms with E-state index < -0.39 is 10.0 Å². The molecule has 0 spiro atoms. The highest BCUT2D eigenvalue weighted by atomic mass is 32.2. The van der Waals surface area contributed by atoms with Crippen LogP contribution in [-0.4, -0.2) is 25.5 Å². The van der Waals surface area contributed by atoms with Crippen molar-refractivity contribution >= 4 is 21.4 Å². The molecule has 1 aliphatic rings. The first-order valence-electron chi connectivity index (χ1n) is 6.76. The van der Waals surface area contributed by atoms with Crippen LogP contribution in [0.15, 0.2) is 23.1 Å². The number of benzene rings is 1. The summed E-state index contributed by atoms with van der Waals surface area (Å²) in [6.07, 6.45) is 3.41. The monoisotopic (exact) mass is 298 g/mol. The molecule has 1 aliphatic heterocycles. The fourth-order valence-electron chi connectivity index (χ4n) is 2.59. The zero-order valence-corrected chi connectivity index (χ0v) is 12.7. The Morgan fingerprint density at radius 3 is 2.40 bits per heavy atom. The molecule has 0 bridgehead atoms. The second kappa shape index (κ2) is 5.59. The molecule has 2 rings (SSSR count). The number of anilines is 2. The summed E-state index contributed by atoms with van der Waals surface area (Å²) in [7, 11) is -3.72. The van der Waals surface area contributed by atoms with Crippen molar-refractivity contribution < 1.29 is 8.42 Å². The number of nitrogen functional groups attached to an aromatic ring is 1. The summed E-state index contributed by atoms with van der Waals surface area (Å²) in [5, 5.41) is 7.28. The molecule has 112 valence electrons. The highest BCUT2D eigenvalue weighted by molar-refractivity contribution is 7.89. The molecule has 0 amide bonds. The number of nitrogens with two attached hydrogens (primary N) is 2. The van der Waals surface area contributed by atoms with Crippen LogP contribution in [0.5, 0.6) is 0 Å². The van der Waals surface area contributed by atoms with Gasteiger partial charge in [-0.3, -0.25) is 0 Å². The summed E-state index contributed by atoms with van der Waals surface area (Å²) in [6, 6.07) is 5.20. The molecular formula is C13H22N4O2S. The van der Waals surface area contributed by atoms with Gasteiger partial charge in [-0.15, -0.1) is 0 Å². The van der Waals surface area contributed by atoms with Crippen LogP contribution >= 0.6 is 0 Å². The van der Waals surface area contributed by atoms with Gasteiger partial charge in [0.05, 0.1) is 16.3 Å². The van der Waals surface area contributed by atoms with Gasteiger partial charge in [0, 0.05) is 12.1 Å². The number of rotatable bonds is 3. The normalized spacial score (nSPS) is 24.6. The van der Waals surface area contributed by atoms with E-state index in [1.54, 1.807) is 6.07 Å². The third-order valence-electron chi connectivity index (χ3n) is 3.80. The SMILES string of the molecule is CC1CCCC(C)N1Nc1cc(S(N)(=O)=O)ccc1N. The molecule has 0 aliphatic carbocycles. The predicted molar refractivity (Wildman–Crippen MR) is 80.5 cm³/mol. The first-order valence-corrected chi connectivity index (χ1v) is 8.31. The summed E-state index contributed by atoms with van der Waals surface area (Å²) >= 11 is 0. The third-order valence-corrected chi connectivity index (χ3v) is 4.71. The fourth-order valence-corrected chi connectivity index (χ4v) is 3.13. The Balaban J connectivity index is 2.28. The maximum absolute atomic E-state index is 11.4. The topological polar surface area (TPSA) is 101 Å². The van der Waals surface area contributed by atoms with Crippen molar-refractivity contribution in [3.8, 4) is 0 Å². The van der Waals surface area contributed by atoms with Gasteiger partial charge in [0.15, 0.2) is 0 Å². The van der Waals surface area contributed by atoms with Gasteiger partial charge in [-0.05, 0) is 44.9 Å². The molecule has 2 atom stereocenters. The summed E-state index contributed by atoms with van der Waals surface area (Å²) < 4.78 is 22.8. The molecule has 1 aromatic rings. The van der Waals surface area contributed by atoms with Crippen molar-refractivity contribution in [1.82, 2.24) is 5.01 Å². The Hall–Kier alpha value is -1.31. The van der Waals surface area contributed by atoms with Crippen molar-refractivity contribution in [2.45, 2.75) is 50.1 Å². The van der Waals surface area contributed by atoms with Gasteiger partial charge in [-0.1, -0.05) is 6.42 Å². The molecule has 20 heavy (non-hydrogen) atoms. The van der Waals surface area contributed by atoms with E-state index in [2.05, 4.69) is 24.3 Å². The average Bonchev–Trinajstić information content (AvgIpc) is 2.34. The van der Waals surface area contributed by atoms with Crippen LogP contribution in [0, 0.1) is 0 Å². The molecule has 1 heterocycles. The third kappa shape index (κ3) is 3.23. The number of nitrogens with zero attached hydrogens (tertiary/aromatic N) is 1. The molecule has 0 saturated carbocycles. The quantitative estimate of drug-likeness (QED) is 0.734. The van der Waals surface area contributed by atoms with E-state index >= 15 is 0 Å². The number of hydrazine groups is 1. The first kappa shape index (κ1) is 15.1. The lowest BCUT2D eigenvalue weighted by Crippen LogP contribution is -2.47. The molecule has 0 aromatic heterocycles. The maximum Gasteiger partial charge on any atom is 0.238 e. The average molecular weight is 298 g/mol. The standard InChI is InChI=1S/C13H22N4O2S/c1-9-4-3-5-10(2)17(9)16-13-8-11(20(15,18)19)6-7-12(13)14/h6-10,16H,3-5,14H2,1-2H3,(H2,15,18,19). The molecule has 0 radical (unpaired) electrons. The smallest absolute Gasteiger partial charge is 0.238 e. The summed E-state index contributed by atoms with van der Waals surface area (Å²) in [6.45, 7) is 4.28. The minimum atomic E-state index is -3.72. The Labute approximate surface area is 120 Å². The van der Waals surface area contributed by atoms with Crippen LogP contribution in [0.2, 0.25) is 0 Å². The fraction of sp³-hybridized carbons (Fsp3) is 0.538. The van der Waals surface area contributed by atoms with E-state index in [4.69, 9.17) is 10.9 Å². The number of hydrogen-bond acceptors (Lipinski definition) is 5. The number of hydrogen-bond donors (Lipinski definition) is 3. The first-order chi connectivity index (χ1) is 9.29. The number of piperidine rings is 1. The second-order valence-electron chi connectivity index (χ2n) is 5.44. The van der Waals surface area contributed by atoms with E-state index in [0.29, 0.717) is 23.5 Å². The minimum Gasteiger partial charge on any atom is -0.397 e. The maximum atomic E-state index is 11.4. The largest absolute Gasteiger partial charge is 0.397 e. The van der Waals surface area contributed by atoms with Crippen LogP contribution in [0.1, 0.15) is 33.1 Å². The van der Waals surface area contributed by atoms with E-state index in [0.717, 1.165) is 12.8 Å². The number of sulfonamides is 1. The summed E-state index contributed by atoms with van der Waals surface area (Å²) in [5.74, 6) is 0. The van der Waals surface area contributed by atoms with Crippen LogP contribution in [0.25, 0.3) is 0 Å². The van der Waals surface area contributed by atoms with E-state index in [1.807, 2.05) is 0 Å². The van der Waals surface area contributed by atoms with Crippen LogP contribution in [0.4, 0.5) is 11.4 Å². The van der Waals surface area contributed by atoms with Crippen LogP contribution in [0.3, 0.4) is 0 Å². The van der Waals surface area contributed by atoms with Gasteiger partial charge in [-0.2, -0.15) is 0 Å². The van der Waals surface area contributed by atoms with E-state index in [9.17, 15) is 8.42 Å². The Kier molecular flexibility index (Phi) is 4.22. The second-order valence-corrected chi connectivity index (χ2v) is 7.00. The highest BCUT2D eigenvalue weighted by Crippen LogP contribution is 2.27. The van der Waals surface area contributed by atoms with Crippen molar-refractivity contribution in [2.75, 3.05) is 11.2 Å². The molecule has 2 unspecified atom stereocenters. The lowest BCUT2D eigenvalue weighted by molar-refractivity contribution is 0.136. The Bertz CT molecular complexity index is 578. The summed E-state index contributed by atoms with van der Waals surface area (Å²) in [5.41, 5.74) is 10.2. The van der Waals surface area contributed by atoms with E-state index in [-0.39, 0.29) is 4.90 Å². The van der Waals surface area contributed by atoms with Gasteiger partial charge in [0.25, 0.3) is 0 Å². The van der Waals surface area contributed by atoms with Crippen LogP contribution in [-0.2, 0) is 10.0 Å². The van der Waals surface area contributed by atoms with E-state index in [1.165, 1.54) is 18.6 Å². The zero-order chi connectivity index (χ0) is 14.9. The Morgan fingerprint density at radius 1 is 1.25 bits per heavy atom. The lowest BCUT2D eigenvalue weighted by atomic mass is 10.00. The molecule has 6 nitrogen and oxygen atoms in total.